The maximum Gasteiger partial charge on any atom is 0.227 e. The molecule has 0 amide bonds. The van der Waals surface area contributed by atoms with Gasteiger partial charge in [-0.2, -0.15) is 4.98 Å². The molecule has 0 radical (unpaired) electrons. The second-order valence-corrected chi connectivity index (χ2v) is 6.43. The summed E-state index contributed by atoms with van der Waals surface area (Å²) in [6.45, 7) is 10.3. The molecule has 2 aromatic rings. The third-order valence-corrected chi connectivity index (χ3v) is 4.28. The van der Waals surface area contributed by atoms with Gasteiger partial charge in [-0.25, -0.2) is 4.98 Å². The van der Waals surface area contributed by atoms with E-state index in [0.29, 0.717) is 0 Å². The van der Waals surface area contributed by atoms with Crippen molar-refractivity contribution in [1.29, 1.82) is 0 Å². The molecule has 1 fully saturated rings. The maximum absolute atomic E-state index is 4.73. The van der Waals surface area contributed by atoms with E-state index in [1.165, 1.54) is 11.1 Å². The smallest absolute Gasteiger partial charge is 0.227 e. The van der Waals surface area contributed by atoms with E-state index >= 15 is 0 Å². The molecule has 5 heteroatoms. The predicted molar refractivity (Wildman–Crippen MR) is 95.7 cm³/mol. The molecule has 2 heterocycles. The maximum atomic E-state index is 4.73. The molecule has 1 aromatic carbocycles. The first-order chi connectivity index (χ1) is 11.0. The van der Waals surface area contributed by atoms with E-state index in [1.807, 2.05) is 13.0 Å². The minimum Gasteiger partial charge on any atom is -0.340 e. The van der Waals surface area contributed by atoms with Crippen LogP contribution in [-0.2, 0) is 0 Å². The third kappa shape index (κ3) is 3.79. The molecule has 1 saturated heterocycles. The molecule has 0 spiro atoms. The van der Waals surface area contributed by atoms with Crippen LogP contribution in [0.3, 0.4) is 0 Å². The van der Waals surface area contributed by atoms with Crippen LogP contribution in [0.15, 0.2) is 24.3 Å². The Labute approximate surface area is 138 Å². The van der Waals surface area contributed by atoms with Crippen LogP contribution in [0, 0.1) is 20.8 Å². The number of rotatable bonds is 3. The number of piperazine rings is 1. The van der Waals surface area contributed by atoms with Crippen LogP contribution >= 0.6 is 0 Å². The number of aryl methyl sites for hydroxylation is 3. The van der Waals surface area contributed by atoms with Crippen molar-refractivity contribution in [3.63, 3.8) is 0 Å². The molecular formula is C18H25N5. The highest BCUT2D eigenvalue weighted by Crippen LogP contribution is 2.23. The van der Waals surface area contributed by atoms with E-state index in [1.54, 1.807) is 0 Å². The first-order valence-electron chi connectivity index (χ1n) is 8.15. The summed E-state index contributed by atoms with van der Waals surface area (Å²) in [5.74, 6) is 1.69. The van der Waals surface area contributed by atoms with Gasteiger partial charge in [-0.05, 0) is 45.0 Å². The molecule has 122 valence electrons. The number of likely N-dealkylation sites (N-methyl/N-ethyl adjacent to an activating group) is 1. The number of hydrogen-bond donors (Lipinski definition) is 1. The Bertz CT molecular complexity index is 690. The number of nitrogens with one attached hydrogen (secondary N) is 1. The number of nitrogens with zero attached hydrogens (tertiary/aromatic N) is 4. The molecule has 0 aliphatic carbocycles. The van der Waals surface area contributed by atoms with Crippen LogP contribution in [0.2, 0.25) is 0 Å². The van der Waals surface area contributed by atoms with Crippen molar-refractivity contribution >= 4 is 17.5 Å². The molecule has 1 N–H and O–H groups in total. The highest BCUT2D eigenvalue weighted by Gasteiger charge is 2.17. The molecule has 0 atom stereocenters. The van der Waals surface area contributed by atoms with E-state index in [-0.39, 0.29) is 0 Å². The Morgan fingerprint density at radius 1 is 0.957 bits per heavy atom. The predicted octanol–water partition coefficient (Wildman–Crippen LogP) is 2.90. The van der Waals surface area contributed by atoms with E-state index in [0.717, 1.165) is 49.3 Å². The van der Waals surface area contributed by atoms with E-state index < -0.39 is 0 Å². The standard InChI is InChI=1S/C18H25N5/c1-13-5-6-14(2)16(11-13)20-17-12-15(3)19-18(21-17)23-9-7-22(4)8-10-23/h5-6,11-12H,7-10H2,1-4H3,(H,19,20,21). The average Bonchev–Trinajstić information content (AvgIpc) is 2.51. The number of benzene rings is 1. The van der Waals surface area contributed by atoms with E-state index in [4.69, 9.17) is 4.98 Å². The molecule has 23 heavy (non-hydrogen) atoms. The first-order valence-corrected chi connectivity index (χ1v) is 8.15. The van der Waals surface area contributed by atoms with Crippen molar-refractivity contribution in [1.82, 2.24) is 14.9 Å². The molecule has 1 aliphatic heterocycles. The lowest BCUT2D eigenvalue weighted by molar-refractivity contribution is 0.311. The fraction of sp³-hybridized carbons (Fsp3) is 0.444. The summed E-state index contributed by atoms with van der Waals surface area (Å²) < 4.78 is 0. The molecule has 0 bridgehead atoms. The van der Waals surface area contributed by atoms with Gasteiger partial charge in [-0.15, -0.1) is 0 Å². The molecule has 0 saturated carbocycles. The second-order valence-electron chi connectivity index (χ2n) is 6.43. The zero-order valence-electron chi connectivity index (χ0n) is 14.4. The van der Waals surface area contributed by atoms with Gasteiger partial charge in [0.2, 0.25) is 5.95 Å². The van der Waals surface area contributed by atoms with Gasteiger partial charge >= 0.3 is 0 Å². The average molecular weight is 311 g/mol. The quantitative estimate of drug-likeness (QED) is 0.944. The monoisotopic (exact) mass is 311 g/mol. The van der Waals surface area contributed by atoms with E-state index in [9.17, 15) is 0 Å². The van der Waals surface area contributed by atoms with Gasteiger partial charge in [0.15, 0.2) is 0 Å². The van der Waals surface area contributed by atoms with Crippen LogP contribution in [0.25, 0.3) is 0 Å². The zero-order chi connectivity index (χ0) is 16.4. The summed E-state index contributed by atoms with van der Waals surface area (Å²) in [5, 5.41) is 3.45. The van der Waals surface area contributed by atoms with Crippen molar-refractivity contribution in [3.05, 3.63) is 41.1 Å². The molecule has 1 aliphatic rings. The summed E-state index contributed by atoms with van der Waals surface area (Å²) in [5.41, 5.74) is 4.55. The Morgan fingerprint density at radius 3 is 2.43 bits per heavy atom. The van der Waals surface area contributed by atoms with Crippen LogP contribution in [-0.4, -0.2) is 48.1 Å². The van der Waals surface area contributed by atoms with Gasteiger partial charge < -0.3 is 15.1 Å². The normalized spacial score (nSPS) is 15.7. The van der Waals surface area contributed by atoms with Gasteiger partial charge in [0.1, 0.15) is 5.82 Å². The minimum atomic E-state index is 0.825. The molecular weight excluding hydrogens is 286 g/mol. The summed E-state index contributed by atoms with van der Waals surface area (Å²) >= 11 is 0. The summed E-state index contributed by atoms with van der Waals surface area (Å²) in [4.78, 5) is 14.0. The number of anilines is 3. The van der Waals surface area contributed by atoms with Gasteiger partial charge in [-0.1, -0.05) is 12.1 Å². The van der Waals surface area contributed by atoms with Gasteiger partial charge in [0.05, 0.1) is 0 Å². The zero-order valence-corrected chi connectivity index (χ0v) is 14.4. The van der Waals surface area contributed by atoms with Crippen molar-refractivity contribution in [2.45, 2.75) is 20.8 Å². The first kappa shape index (κ1) is 15.7. The topological polar surface area (TPSA) is 44.3 Å². The van der Waals surface area contributed by atoms with E-state index in [2.05, 4.69) is 59.2 Å². The lowest BCUT2D eigenvalue weighted by atomic mass is 10.1. The van der Waals surface area contributed by atoms with Crippen molar-refractivity contribution in [2.75, 3.05) is 43.4 Å². The largest absolute Gasteiger partial charge is 0.340 e. The Morgan fingerprint density at radius 2 is 1.70 bits per heavy atom. The highest BCUT2D eigenvalue weighted by atomic mass is 15.3. The van der Waals surface area contributed by atoms with Gasteiger partial charge in [0.25, 0.3) is 0 Å². The van der Waals surface area contributed by atoms with Crippen LogP contribution in [0.5, 0.6) is 0 Å². The third-order valence-electron chi connectivity index (χ3n) is 4.28. The lowest BCUT2D eigenvalue weighted by Crippen LogP contribution is -2.45. The number of hydrogen-bond acceptors (Lipinski definition) is 5. The number of aromatic nitrogens is 2. The van der Waals surface area contributed by atoms with Crippen molar-refractivity contribution < 1.29 is 0 Å². The molecule has 5 nitrogen and oxygen atoms in total. The molecule has 3 rings (SSSR count). The molecule has 0 unspecified atom stereocenters. The summed E-state index contributed by atoms with van der Waals surface area (Å²) in [6.07, 6.45) is 0. The fourth-order valence-electron chi connectivity index (χ4n) is 2.77. The highest BCUT2D eigenvalue weighted by molar-refractivity contribution is 5.62. The summed E-state index contributed by atoms with van der Waals surface area (Å²) in [7, 11) is 2.15. The van der Waals surface area contributed by atoms with Crippen LogP contribution in [0.4, 0.5) is 17.5 Å². The lowest BCUT2D eigenvalue weighted by Gasteiger charge is -2.32. The van der Waals surface area contributed by atoms with Crippen molar-refractivity contribution in [2.24, 2.45) is 0 Å². The Balaban J connectivity index is 1.84. The fourth-order valence-corrected chi connectivity index (χ4v) is 2.77. The van der Waals surface area contributed by atoms with Crippen LogP contribution < -0.4 is 10.2 Å². The van der Waals surface area contributed by atoms with Gasteiger partial charge in [0, 0.05) is 43.6 Å². The van der Waals surface area contributed by atoms with Gasteiger partial charge in [-0.3, -0.25) is 0 Å². The van der Waals surface area contributed by atoms with Crippen LogP contribution in [0.1, 0.15) is 16.8 Å². The van der Waals surface area contributed by atoms with Crippen molar-refractivity contribution in [3.8, 4) is 0 Å². The molecule has 1 aromatic heterocycles. The second kappa shape index (κ2) is 6.54. The SMILES string of the molecule is Cc1ccc(C)c(Nc2cc(C)nc(N3CCN(C)CC3)n2)c1. The Hall–Kier alpha value is -2.14. The Kier molecular flexibility index (Phi) is 4.48. The minimum absolute atomic E-state index is 0.825. The summed E-state index contributed by atoms with van der Waals surface area (Å²) in [6, 6.07) is 8.41.